The Hall–Kier alpha value is -1.94. The fourth-order valence-corrected chi connectivity index (χ4v) is 1.84. The molecule has 1 heterocycles. The van der Waals surface area contributed by atoms with E-state index < -0.39 is 0 Å². The van der Waals surface area contributed by atoms with Crippen LogP contribution in [-0.4, -0.2) is 12.1 Å². The summed E-state index contributed by atoms with van der Waals surface area (Å²) in [7, 11) is 1.47. The average molecular weight is 260 g/mol. The number of hydrogen-bond donors (Lipinski definition) is 1. The number of hydrogen-bond acceptors (Lipinski definition) is 3. The van der Waals surface area contributed by atoms with Crippen LogP contribution < -0.4 is 10.1 Å². The number of nitrogens with one attached hydrogen (secondary N) is 1. The second kappa shape index (κ2) is 6.29. The quantitative estimate of drug-likeness (QED) is 0.897. The number of ether oxygens (including phenoxy) is 1. The number of methoxy groups -OCH3 is 1. The van der Waals surface area contributed by atoms with E-state index in [2.05, 4.69) is 10.3 Å². The van der Waals surface area contributed by atoms with Crippen LogP contribution in [0.3, 0.4) is 0 Å². The summed E-state index contributed by atoms with van der Waals surface area (Å²) < 4.78 is 18.3. The summed E-state index contributed by atoms with van der Waals surface area (Å²) >= 11 is 0. The lowest BCUT2D eigenvalue weighted by Gasteiger charge is -2.15. The van der Waals surface area contributed by atoms with E-state index in [-0.39, 0.29) is 17.6 Å². The van der Waals surface area contributed by atoms with Gasteiger partial charge in [0.1, 0.15) is 0 Å². The van der Waals surface area contributed by atoms with Crippen LogP contribution in [0.15, 0.2) is 42.7 Å². The van der Waals surface area contributed by atoms with Gasteiger partial charge >= 0.3 is 0 Å². The molecule has 0 aliphatic rings. The molecule has 1 atom stereocenters. The van der Waals surface area contributed by atoms with Crippen molar-refractivity contribution in [2.45, 2.75) is 19.5 Å². The molecule has 0 bridgehead atoms. The van der Waals surface area contributed by atoms with Gasteiger partial charge in [0.15, 0.2) is 11.6 Å². The first-order chi connectivity index (χ1) is 9.20. The molecule has 1 N–H and O–H groups in total. The predicted octanol–water partition coefficient (Wildman–Crippen LogP) is 3.08. The Morgan fingerprint density at radius 2 is 2.21 bits per heavy atom. The van der Waals surface area contributed by atoms with E-state index in [1.54, 1.807) is 18.3 Å². The van der Waals surface area contributed by atoms with Crippen molar-refractivity contribution in [1.29, 1.82) is 0 Å². The van der Waals surface area contributed by atoms with E-state index in [9.17, 15) is 4.39 Å². The van der Waals surface area contributed by atoms with E-state index in [1.807, 2.05) is 25.3 Å². The van der Waals surface area contributed by atoms with Gasteiger partial charge in [0.25, 0.3) is 0 Å². The van der Waals surface area contributed by atoms with Gasteiger partial charge in [-0.2, -0.15) is 0 Å². The molecule has 100 valence electrons. The highest BCUT2D eigenvalue weighted by atomic mass is 19.1. The van der Waals surface area contributed by atoms with E-state index >= 15 is 0 Å². The van der Waals surface area contributed by atoms with Crippen molar-refractivity contribution in [2.75, 3.05) is 7.11 Å². The zero-order valence-electron chi connectivity index (χ0n) is 11.1. The van der Waals surface area contributed by atoms with Gasteiger partial charge in [-0.15, -0.1) is 0 Å². The number of aromatic nitrogens is 1. The van der Waals surface area contributed by atoms with Gasteiger partial charge in [0.2, 0.25) is 0 Å². The number of halogens is 1. The van der Waals surface area contributed by atoms with Gasteiger partial charge in [0, 0.05) is 25.0 Å². The normalized spacial score (nSPS) is 12.2. The second-order valence-corrected chi connectivity index (χ2v) is 4.36. The summed E-state index contributed by atoms with van der Waals surface area (Å²) in [5.74, 6) is -0.0711. The molecule has 3 nitrogen and oxygen atoms in total. The molecular formula is C15H17FN2O. The average Bonchev–Trinajstić information content (AvgIpc) is 2.46. The molecule has 1 aromatic carbocycles. The molecule has 0 aliphatic carbocycles. The fraction of sp³-hybridized carbons (Fsp3) is 0.267. The maximum absolute atomic E-state index is 13.3. The summed E-state index contributed by atoms with van der Waals surface area (Å²) in [5, 5.41) is 3.37. The molecule has 2 rings (SSSR count). The molecule has 0 saturated carbocycles. The van der Waals surface area contributed by atoms with Crippen LogP contribution in [0.25, 0.3) is 0 Å². The molecule has 0 amide bonds. The largest absolute Gasteiger partial charge is 0.494 e. The Kier molecular flexibility index (Phi) is 4.47. The van der Waals surface area contributed by atoms with Crippen molar-refractivity contribution in [1.82, 2.24) is 10.3 Å². The van der Waals surface area contributed by atoms with E-state index in [4.69, 9.17) is 4.74 Å². The molecule has 19 heavy (non-hydrogen) atoms. The molecule has 1 aromatic heterocycles. The van der Waals surface area contributed by atoms with Crippen molar-refractivity contribution < 1.29 is 9.13 Å². The number of benzene rings is 1. The summed E-state index contributed by atoms with van der Waals surface area (Å²) in [6, 6.07) is 8.93. The highest BCUT2D eigenvalue weighted by Gasteiger charge is 2.09. The van der Waals surface area contributed by atoms with Crippen LogP contribution in [0.1, 0.15) is 24.1 Å². The molecule has 4 heteroatoms. The predicted molar refractivity (Wildman–Crippen MR) is 72.4 cm³/mol. The minimum Gasteiger partial charge on any atom is -0.494 e. The Bertz CT molecular complexity index is 531. The third kappa shape index (κ3) is 3.51. The van der Waals surface area contributed by atoms with Crippen LogP contribution in [-0.2, 0) is 6.54 Å². The van der Waals surface area contributed by atoms with Crippen molar-refractivity contribution in [3.05, 3.63) is 59.7 Å². The van der Waals surface area contributed by atoms with Gasteiger partial charge in [-0.3, -0.25) is 4.98 Å². The molecule has 2 aromatic rings. The van der Waals surface area contributed by atoms with E-state index in [0.717, 1.165) is 11.1 Å². The third-order valence-electron chi connectivity index (χ3n) is 3.01. The Labute approximate surface area is 112 Å². The SMILES string of the molecule is COc1cc(C(C)NCc2cccnc2)ccc1F. The summed E-state index contributed by atoms with van der Waals surface area (Å²) in [6.45, 7) is 2.75. The third-order valence-corrected chi connectivity index (χ3v) is 3.01. The number of rotatable bonds is 5. The summed E-state index contributed by atoms with van der Waals surface area (Å²) in [4.78, 5) is 4.06. The standard InChI is InChI=1S/C15H17FN2O/c1-11(18-10-12-4-3-7-17-9-12)13-5-6-14(16)15(8-13)19-2/h3-9,11,18H,10H2,1-2H3. The molecule has 0 saturated heterocycles. The van der Waals surface area contributed by atoms with Gasteiger partial charge in [-0.05, 0) is 36.2 Å². The van der Waals surface area contributed by atoms with Crippen molar-refractivity contribution in [2.24, 2.45) is 0 Å². The highest BCUT2D eigenvalue weighted by Crippen LogP contribution is 2.22. The lowest BCUT2D eigenvalue weighted by molar-refractivity contribution is 0.385. The summed E-state index contributed by atoms with van der Waals surface area (Å²) in [5.41, 5.74) is 2.10. The number of nitrogens with zero attached hydrogens (tertiary/aromatic N) is 1. The molecule has 0 fully saturated rings. The lowest BCUT2D eigenvalue weighted by atomic mass is 10.1. The first kappa shape index (κ1) is 13.5. The minimum atomic E-state index is -0.342. The maximum Gasteiger partial charge on any atom is 0.165 e. The molecule has 1 unspecified atom stereocenters. The van der Waals surface area contributed by atoms with Gasteiger partial charge in [-0.25, -0.2) is 4.39 Å². The molecule has 0 aliphatic heterocycles. The van der Waals surface area contributed by atoms with Gasteiger partial charge < -0.3 is 10.1 Å². The number of pyridine rings is 1. The second-order valence-electron chi connectivity index (χ2n) is 4.36. The Morgan fingerprint density at radius 1 is 1.37 bits per heavy atom. The maximum atomic E-state index is 13.3. The Balaban J connectivity index is 2.02. The van der Waals surface area contributed by atoms with Crippen LogP contribution in [0.5, 0.6) is 5.75 Å². The van der Waals surface area contributed by atoms with Crippen molar-refractivity contribution in [3.63, 3.8) is 0 Å². The van der Waals surface area contributed by atoms with Crippen LogP contribution in [0.2, 0.25) is 0 Å². The molecule has 0 spiro atoms. The van der Waals surface area contributed by atoms with Gasteiger partial charge in [0.05, 0.1) is 7.11 Å². The highest BCUT2D eigenvalue weighted by molar-refractivity contribution is 5.32. The smallest absolute Gasteiger partial charge is 0.165 e. The van der Waals surface area contributed by atoms with E-state index in [1.165, 1.54) is 13.2 Å². The van der Waals surface area contributed by atoms with E-state index in [0.29, 0.717) is 6.54 Å². The lowest BCUT2D eigenvalue weighted by Crippen LogP contribution is -2.18. The first-order valence-electron chi connectivity index (χ1n) is 6.16. The monoisotopic (exact) mass is 260 g/mol. The zero-order valence-corrected chi connectivity index (χ0v) is 11.1. The van der Waals surface area contributed by atoms with Crippen molar-refractivity contribution >= 4 is 0 Å². The minimum absolute atomic E-state index is 0.106. The van der Waals surface area contributed by atoms with Crippen LogP contribution in [0, 0.1) is 5.82 Å². The molecular weight excluding hydrogens is 243 g/mol. The van der Waals surface area contributed by atoms with Crippen LogP contribution in [0.4, 0.5) is 4.39 Å². The summed E-state index contributed by atoms with van der Waals surface area (Å²) in [6.07, 6.45) is 3.57. The first-order valence-corrected chi connectivity index (χ1v) is 6.16. The van der Waals surface area contributed by atoms with Gasteiger partial charge in [-0.1, -0.05) is 12.1 Å². The zero-order chi connectivity index (χ0) is 13.7. The topological polar surface area (TPSA) is 34.1 Å². The fourth-order valence-electron chi connectivity index (χ4n) is 1.84. The van der Waals surface area contributed by atoms with Crippen molar-refractivity contribution in [3.8, 4) is 5.75 Å². The molecule has 0 radical (unpaired) electrons. The van der Waals surface area contributed by atoms with Crippen LogP contribution >= 0.6 is 0 Å². The Morgan fingerprint density at radius 3 is 2.89 bits per heavy atom.